The monoisotopic (exact) mass is 372 g/mol. The summed E-state index contributed by atoms with van der Waals surface area (Å²) in [5.41, 5.74) is 0. The molecule has 0 aromatic heterocycles. The first-order chi connectivity index (χ1) is 12.7. The van der Waals surface area contributed by atoms with Gasteiger partial charge in [-0.25, -0.2) is 0 Å². The topological polar surface area (TPSA) is 77.8 Å². The highest BCUT2D eigenvalue weighted by Gasteiger charge is 1.95. The molecule has 0 rings (SSSR count). The predicted octanol–water partition coefficient (Wildman–Crippen LogP) is 5.86. The zero-order valence-electron chi connectivity index (χ0n) is 17.1. The molecule has 0 atom stereocenters. The first-order valence-electron chi connectivity index (χ1n) is 10.8. The van der Waals surface area contributed by atoms with Crippen molar-refractivity contribution in [1.29, 1.82) is 0 Å². The maximum Gasteiger partial charge on any atom is 0.303 e. The lowest BCUT2D eigenvalue weighted by atomic mass is 10.1. The first-order valence-corrected chi connectivity index (χ1v) is 10.8. The Labute approximate surface area is 161 Å². The number of unbranched alkanes of at least 4 members (excludes halogenated alkanes) is 12. The van der Waals surface area contributed by atoms with Crippen LogP contribution in [0.15, 0.2) is 12.2 Å². The highest BCUT2D eigenvalue weighted by atomic mass is 16.4. The van der Waals surface area contributed by atoms with Crippen LogP contribution in [-0.4, -0.2) is 34.5 Å². The maximum absolute atomic E-state index is 10.3. The third kappa shape index (κ3) is 31.0. The van der Waals surface area contributed by atoms with Crippen molar-refractivity contribution in [1.82, 2.24) is 0 Å². The van der Waals surface area contributed by atoms with Gasteiger partial charge in [0.1, 0.15) is 0 Å². The van der Waals surface area contributed by atoms with Gasteiger partial charge in [0.15, 0.2) is 0 Å². The van der Waals surface area contributed by atoms with Crippen molar-refractivity contribution in [3.05, 3.63) is 12.2 Å². The van der Waals surface area contributed by atoms with Gasteiger partial charge < -0.3 is 15.3 Å². The average Bonchev–Trinajstić information content (AvgIpc) is 2.63. The summed E-state index contributed by atoms with van der Waals surface area (Å²) < 4.78 is 0. The quantitative estimate of drug-likeness (QED) is 0.208. The van der Waals surface area contributed by atoms with Crippen molar-refractivity contribution >= 4 is 5.97 Å². The van der Waals surface area contributed by atoms with Crippen LogP contribution in [0.25, 0.3) is 0 Å². The van der Waals surface area contributed by atoms with Gasteiger partial charge in [-0.3, -0.25) is 4.79 Å². The second kappa shape index (κ2) is 26.4. The van der Waals surface area contributed by atoms with E-state index in [4.69, 9.17) is 15.3 Å². The van der Waals surface area contributed by atoms with Gasteiger partial charge in [-0.05, 0) is 44.9 Å². The van der Waals surface area contributed by atoms with Crippen LogP contribution in [0.5, 0.6) is 0 Å². The van der Waals surface area contributed by atoms with Crippen molar-refractivity contribution in [2.45, 2.75) is 110 Å². The molecule has 26 heavy (non-hydrogen) atoms. The number of carbonyl (C=O) groups is 1. The third-order valence-electron chi connectivity index (χ3n) is 4.22. The second-order valence-electron chi connectivity index (χ2n) is 6.88. The summed E-state index contributed by atoms with van der Waals surface area (Å²) in [6.07, 6.45) is 22.7. The molecule has 0 amide bonds. The molecular formula is C22H44O4. The minimum absolute atomic E-state index is 0.195. The average molecular weight is 373 g/mol. The molecule has 3 N–H and O–H groups in total. The Morgan fingerprint density at radius 2 is 1.08 bits per heavy atom. The van der Waals surface area contributed by atoms with E-state index in [0.717, 1.165) is 25.7 Å². The predicted molar refractivity (Wildman–Crippen MR) is 110 cm³/mol. The zero-order chi connectivity index (χ0) is 19.7. The molecule has 0 saturated heterocycles. The molecule has 0 unspecified atom stereocenters. The lowest BCUT2D eigenvalue weighted by Gasteiger charge is -1.99. The summed E-state index contributed by atoms with van der Waals surface area (Å²) >= 11 is 0. The Kier molecular flexibility index (Phi) is 27.7. The Morgan fingerprint density at radius 3 is 1.50 bits per heavy atom. The SMILES string of the molecule is CCCCCCCC/C=C/CCCCCCCC(=O)O.OCCCCO. The van der Waals surface area contributed by atoms with E-state index in [-0.39, 0.29) is 13.2 Å². The molecule has 4 nitrogen and oxygen atoms in total. The molecule has 0 heterocycles. The standard InChI is InChI=1S/C18H34O2.C4H10O2/c1-2-3-4-5-6-7-8-9-10-11-12-13-14-15-16-17-18(19)20;5-3-1-2-4-6/h9-10H,2-8,11-17H2,1H3,(H,19,20);5-6H,1-4H2/b10-9+;. The summed E-state index contributed by atoms with van der Waals surface area (Å²) in [6, 6.07) is 0. The summed E-state index contributed by atoms with van der Waals surface area (Å²) in [7, 11) is 0. The molecule has 0 bridgehead atoms. The van der Waals surface area contributed by atoms with Gasteiger partial charge in [-0.15, -0.1) is 0 Å². The highest BCUT2D eigenvalue weighted by molar-refractivity contribution is 5.66. The Bertz CT molecular complexity index is 286. The Hall–Kier alpha value is -0.870. The molecule has 0 aromatic rings. The molecule has 0 fully saturated rings. The molecule has 0 saturated carbocycles. The van der Waals surface area contributed by atoms with E-state index in [9.17, 15) is 4.79 Å². The third-order valence-corrected chi connectivity index (χ3v) is 4.22. The van der Waals surface area contributed by atoms with Crippen LogP contribution in [0, 0.1) is 0 Å². The summed E-state index contributed by atoms with van der Waals surface area (Å²) in [6.45, 7) is 2.65. The van der Waals surface area contributed by atoms with Gasteiger partial charge in [-0.1, -0.05) is 70.4 Å². The number of hydrogen-bond acceptors (Lipinski definition) is 3. The van der Waals surface area contributed by atoms with Crippen LogP contribution in [0.2, 0.25) is 0 Å². The number of hydrogen-bond donors (Lipinski definition) is 3. The number of carboxylic acids is 1. The van der Waals surface area contributed by atoms with Crippen LogP contribution in [0.4, 0.5) is 0 Å². The second-order valence-corrected chi connectivity index (χ2v) is 6.88. The fourth-order valence-corrected chi connectivity index (χ4v) is 2.57. The Morgan fingerprint density at radius 1 is 0.654 bits per heavy atom. The molecule has 156 valence electrons. The highest BCUT2D eigenvalue weighted by Crippen LogP contribution is 2.09. The number of carboxylic acid groups (broad SMARTS) is 1. The van der Waals surface area contributed by atoms with Gasteiger partial charge in [0, 0.05) is 19.6 Å². The number of aliphatic hydroxyl groups excluding tert-OH is 2. The Balaban J connectivity index is 0. The van der Waals surface area contributed by atoms with Crippen LogP contribution in [-0.2, 0) is 4.79 Å². The number of aliphatic hydroxyl groups is 2. The van der Waals surface area contributed by atoms with Crippen LogP contribution < -0.4 is 0 Å². The summed E-state index contributed by atoms with van der Waals surface area (Å²) in [5, 5.41) is 24.7. The van der Waals surface area contributed by atoms with E-state index in [0.29, 0.717) is 6.42 Å². The molecule has 4 heteroatoms. The number of rotatable bonds is 18. The number of aliphatic carboxylic acids is 1. The van der Waals surface area contributed by atoms with E-state index in [1.54, 1.807) is 0 Å². The lowest BCUT2D eigenvalue weighted by Crippen LogP contribution is -1.93. The van der Waals surface area contributed by atoms with Crippen molar-refractivity contribution in [2.24, 2.45) is 0 Å². The fourth-order valence-electron chi connectivity index (χ4n) is 2.57. The minimum atomic E-state index is -0.664. The van der Waals surface area contributed by atoms with E-state index in [1.165, 1.54) is 70.6 Å². The van der Waals surface area contributed by atoms with E-state index >= 15 is 0 Å². The molecule has 0 radical (unpaired) electrons. The van der Waals surface area contributed by atoms with Crippen LogP contribution in [0.3, 0.4) is 0 Å². The van der Waals surface area contributed by atoms with Gasteiger partial charge in [0.2, 0.25) is 0 Å². The van der Waals surface area contributed by atoms with Gasteiger partial charge in [0.25, 0.3) is 0 Å². The smallest absolute Gasteiger partial charge is 0.303 e. The van der Waals surface area contributed by atoms with Crippen molar-refractivity contribution in [2.75, 3.05) is 13.2 Å². The molecule has 0 aliphatic carbocycles. The van der Waals surface area contributed by atoms with Crippen LogP contribution >= 0.6 is 0 Å². The summed E-state index contributed by atoms with van der Waals surface area (Å²) in [4.78, 5) is 10.3. The minimum Gasteiger partial charge on any atom is -0.481 e. The summed E-state index contributed by atoms with van der Waals surface area (Å²) in [5.74, 6) is -0.664. The largest absolute Gasteiger partial charge is 0.481 e. The van der Waals surface area contributed by atoms with Gasteiger partial charge >= 0.3 is 5.97 Å². The van der Waals surface area contributed by atoms with Crippen molar-refractivity contribution < 1.29 is 20.1 Å². The first kappa shape index (κ1) is 27.3. The van der Waals surface area contributed by atoms with Gasteiger partial charge in [-0.2, -0.15) is 0 Å². The molecule has 0 aliphatic heterocycles. The zero-order valence-corrected chi connectivity index (χ0v) is 17.1. The molecule has 0 spiro atoms. The van der Waals surface area contributed by atoms with E-state index in [1.807, 2.05) is 0 Å². The van der Waals surface area contributed by atoms with E-state index < -0.39 is 5.97 Å². The van der Waals surface area contributed by atoms with Crippen LogP contribution in [0.1, 0.15) is 110 Å². The number of allylic oxidation sites excluding steroid dienone is 2. The van der Waals surface area contributed by atoms with Crippen molar-refractivity contribution in [3.8, 4) is 0 Å². The lowest BCUT2D eigenvalue weighted by molar-refractivity contribution is -0.137. The molecule has 0 aromatic carbocycles. The van der Waals surface area contributed by atoms with E-state index in [2.05, 4.69) is 19.1 Å². The van der Waals surface area contributed by atoms with Crippen molar-refractivity contribution in [3.63, 3.8) is 0 Å². The molecular weight excluding hydrogens is 328 g/mol. The fraction of sp³-hybridized carbons (Fsp3) is 0.864. The van der Waals surface area contributed by atoms with Gasteiger partial charge in [0.05, 0.1) is 0 Å². The normalized spacial score (nSPS) is 10.7. The molecule has 0 aliphatic rings. The maximum atomic E-state index is 10.3.